The van der Waals surface area contributed by atoms with E-state index in [9.17, 15) is 5.21 Å². The van der Waals surface area contributed by atoms with E-state index < -0.39 is 0 Å². The lowest BCUT2D eigenvalue weighted by Gasteiger charge is -2.33. The number of piperidine rings is 1. The van der Waals surface area contributed by atoms with Crippen molar-refractivity contribution in [3.63, 3.8) is 0 Å². The highest BCUT2D eigenvalue weighted by atomic mass is 32.1. The lowest BCUT2D eigenvalue weighted by atomic mass is 10.0. The first-order valence-corrected chi connectivity index (χ1v) is 7.26. The number of thiocarbonyl (C=S) groups is 1. The first-order chi connectivity index (χ1) is 9.59. The molecule has 6 heteroatoms. The number of hydroxylamine groups is 2. The normalized spacial score (nSPS) is 25.4. The average Bonchev–Trinajstić information content (AvgIpc) is 2.45. The molecule has 2 aliphatic rings. The molecule has 0 bridgehead atoms. The second-order valence-electron chi connectivity index (χ2n) is 5.04. The van der Waals surface area contributed by atoms with Crippen molar-refractivity contribution in [2.75, 3.05) is 6.54 Å². The van der Waals surface area contributed by atoms with Crippen molar-refractivity contribution in [3.05, 3.63) is 35.8 Å². The molecule has 2 aliphatic heterocycles. The molecule has 108 valence electrons. The smallest absolute Gasteiger partial charge is 0.216 e. The number of nitrogens with zero attached hydrogens (tertiary/aromatic N) is 4. The zero-order valence-corrected chi connectivity index (χ0v) is 12.7. The van der Waals surface area contributed by atoms with Gasteiger partial charge in [0.2, 0.25) is 5.11 Å². The summed E-state index contributed by atoms with van der Waals surface area (Å²) in [6.45, 7) is 4.91. The third-order valence-corrected chi connectivity index (χ3v) is 3.86. The molecule has 2 heterocycles. The van der Waals surface area contributed by atoms with Crippen molar-refractivity contribution in [3.8, 4) is 0 Å². The van der Waals surface area contributed by atoms with Gasteiger partial charge >= 0.3 is 0 Å². The minimum Gasteiger partial charge on any atom is -0.343 e. The summed E-state index contributed by atoms with van der Waals surface area (Å²) < 4.78 is 0. The van der Waals surface area contributed by atoms with Crippen LogP contribution in [0.5, 0.6) is 0 Å². The Morgan fingerprint density at radius 1 is 1.35 bits per heavy atom. The quantitative estimate of drug-likeness (QED) is 0.592. The van der Waals surface area contributed by atoms with Crippen LogP contribution in [0, 0.1) is 0 Å². The first-order valence-electron chi connectivity index (χ1n) is 6.86. The van der Waals surface area contributed by atoms with E-state index in [1.807, 2.05) is 6.08 Å². The van der Waals surface area contributed by atoms with Gasteiger partial charge in [0, 0.05) is 18.8 Å². The molecular weight excluding hydrogens is 272 g/mol. The predicted octanol–water partition coefficient (Wildman–Crippen LogP) is 3.60. The van der Waals surface area contributed by atoms with Crippen molar-refractivity contribution in [2.24, 2.45) is 10.2 Å². The fraction of sp³-hybridized carbons (Fsp3) is 0.500. The van der Waals surface area contributed by atoms with Crippen LogP contribution in [0.2, 0.25) is 0 Å². The van der Waals surface area contributed by atoms with Crippen LogP contribution in [-0.2, 0) is 0 Å². The van der Waals surface area contributed by atoms with Gasteiger partial charge in [-0.1, -0.05) is 6.08 Å². The topological polar surface area (TPSA) is 51.4 Å². The zero-order chi connectivity index (χ0) is 14.5. The number of hydrogen-bond acceptors (Lipinski definition) is 4. The highest BCUT2D eigenvalue weighted by molar-refractivity contribution is 7.80. The van der Waals surface area contributed by atoms with Gasteiger partial charge < -0.3 is 4.90 Å². The molecule has 0 aliphatic carbocycles. The molecule has 0 saturated carbocycles. The van der Waals surface area contributed by atoms with E-state index in [1.165, 1.54) is 6.42 Å². The third-order valence-electron chi connectivity index (χ3n) is 3.54. The van der Waals surface area contributed by atoms with E-state index in [0.717, 1.165) is 24.4 Å². The summed E-state index contributed by atoms with van der Waals surface area (Å²) in [7, 11) is 0. The van der Waals surface area contributed by atoms with Crippen LogP contribution in [0.1, 0.15) is 33.1 Å². The van der Waals surface area contributed by atoms with Gasteiger partial charge in [0.15, 0.2) is 0 Å². The number of rotatable bonds is 1. The molecule has 1 saturated heterocycles. The minimum absolute atomic E-state index is 0.426. The monoisotopic (exact) mass is 292 g/mol. The molecule has 0 aromatic heterocycles. The summed E-state index contributed by atoms with van der Waals surface area (Å²) in [6, 6.07) is 0.426. The molecular formula is C14H20N4OS. The van der Waals surface area contributed by atoms with Gasteiger partial charge in [-0.3, -0.25) is 5.21 Å². The Bertz CT molecular complexity index is 495. The van der Waals surface area contributed by atoms with E-state index in [0.29, 0.717) is 22.5 Å². The summed E-state index contributed by atoms with van der Waals surface area (Å²) in [6.07, 6.45) is 10.5. The maximum atomic E-state index is 9.69. The molecule has 0 aromatic carbocycles. The van der Waals surface area contributed by atoms with E-state index >= 15 is 0 Å². The standard InChI is InChI=1S/C14H20N4OS/c1-11-7-3-5-9-17(11)14(20)16-15-12(2)13-8-4-6-10-18(13)19/h4,6,8,10-11,19H,3,5,7,9H2,1-2H3. The van der Waals surface area contributed by atoms with Gasteiger partial charge in [-0.25, -0.2) is 5.06 Å². The summed E-state index contributed by atoms with van der Waals surface area (Å²) in [5.41, 5.74) is 1.23. The lowest BCUT2D eigenvalue weighted by molar-refractivity contribution is -0.00149. The number of azo groups is 1. The van der Waals surface area contributed by atoms with Crippen molar-refractivity contribution in [2.45, 2.75) is 39.2 Å². The second kappa shape index (κ2) is 6.76. The molecule has 2 rings (SSSR count). The van der Waals surface area contributed by atoms with Gasteiger partial charge in [-0.15, -0.1) is 5.11 Å². The van der Waals surface area contributed by atoms with Crippen LogP contribution < -0.4 is 0 Å². The molecule has 1 fully saturated rings. The largest absolute Gasteiger partial charge is 0.343 e. The molecule has 1 N–H and O–H groups in total. The van der Waals surface area contributed by atoms with Crippen molar-refractivity contribution < 1.29 is 5.21 Å². The maximum Gasteiger partial charge on any atom is 0.216 e. The van der Waals surface area contributed by atoms with Crippen LogP contribution in [0.3, 0.4) is 0 Å². The fourth-order valence-corrected chi connectivity index (χ4v) is 2.64. The summed E-state index contributed by atoms with van der Waals surface area (Å²) >= 11 is 5.34. The Morgan fingerprint density at radius 3 is 2.85 bits per heavy atom. The fourth-order valence-electron chi connectivity index (χ4n) is 2.33. The van der Waals surface area contributed by atoms with E-state index in [4.69, 9.17) is 12.2 Å². The van der Waals surface area contributed by atoms with E-state index in [-0.39, 0.29) is 0 Å². The minimum atomic E-state index is 0.426. The number of allylic oxidation sites excluding steroid dienone is 4. The summed E-state index contributed by atoms with van der Waals surface area (Å²) in [5, 5.41) is 19.5. The van der Waals surface area contributed by atoms with Gasteiger partial charge in [0.25, 0.3) is 0 Å². The summed E-state index contributed by atoms with van der Waals surface area (Å²) in [4.78, 5) is 2.12. The molecule has 1 unspecified atom stereocenters. The van der Waals surface area contributed by atoms with E-state index in [2.05, 4.69) is 22.1 Å². The Hall–Kier alpha value is -1.53. The molecule has 5 nitrogen and oxygen atoms in total. The molecule has 0 radical (unpaired) electrons. The van der Waals surface area contributed by atoms with Crippen LogP contribution in [0.4, 0.5) is 0 Å². The molecule has 0 spiro atoms. The van der Waals surface area contributed by atoms with Crippen molar-refractivity contribution in [1.82, 2.24) is 9.96 Å². The Morgan fingerprint density at radius 2 is 2.15 bits per heavy atom. The average molecular weight is 292 g/mol. The van der Waals surface area contributed by atoms with Crippen molar-refractivity contribution >= 4 is 17.3 Å². The molecule has 0 aromatic rings. The van der Waals surface area contributed by atoms with Crippen LogP contribution in [0.25, 0.3) is 0 Å². The Labute approximate surface area is 124 Å². The van der Waals surface area contributed by atoms with Gasteiger partial charge in [-0.2, -0.15) is 5.11 Å². The molecule has 0 amide bonds. The highest BCUT2D eigenvalue weighted by Crippen LogP contribution is 2.19. The first kappa shape index (κ1) is 14.9. The molecule has 20 heavy (non-hydrogen) atoms. The Kier molecular flexibility index (Phi) is 5.03. The SMILES string of the molecule is CC(N=NC(=S)N1CCCCC1C)=C1C=CC=CN1O. The van der Waals surface area contributed by atoms with Crippen LogP contribution >= 0.6 is 12.2 Å². The van der Waals surface area contributed by atoms with Crippen molar-refractivity contribution in [1.29, 1.82) is 0 Å². The van der Waals surface area contributed by atoms with Crippen LogP contribution in [0.15, 0.2) is 46.1 Å². The second-order valence-corrected chi connectivity index (χ2v) is 5.40. The van der Waals surface area contributed by atoms with Crippen LogP contribution in [-0.4, -0.2) is 32.9 Å². The highest BCUT2D eigenvalue weighted by Gasteiger charge is 2.20. The van der Waals surface area contributed by atoms with Gasteiger partial charge in [0.1, 0.15) is 0 Å². The van der Waals surface area contributed by atoms with E-state index in [1.54, 1.807) is 25.3 Å². The maximum absolute atomic E-state index is 9.69. The van der Waals surface area contributed by atoms with Gasteiger partial charge in [-0.05, 0) is 57.5 Å². The lowest BCUT2D eigenvalue weighted by Crippen LogP contribution is -2.40. The summed E-state index contributed by atoms with van der Waals surface area (Å²) in [5.74, 6) is 0. The zero-order valence-electron chi connectivity index (χ0n) is 11.9. The third kappa shape index (κ3) is 3.52. The molecule has 1 atom stereocenters. The number of hydrogen-bond donors (Lipinski definition) is 1. The Balaban J connectivity index is 2.05. The predicted molar refractivity (Wildman–Crippen MR) is 82.1 cm³/mol. The van der Waals surface area contributed by atoms with Gasteiger partial charge in [0.05, 0.1) is 11.4 Å². The number of likely N-dealkylation sites (tertiary alicyclic amines) is 1.